The molecule has 2 aromatic carbocycles. The van der Waals surface area contributed by atoms with Crippen molar-refractivity contribution in [3.8, 4) is 0 Å². The molecule has 2 amide bonds. The van der Waals surface area contributed by atoms with Crippen molar-refractivity contribution in [1.29, 1.82) is 0 Å². The molecule has 0 spiro atoms. The van der Waals surface area contributed by atoms with Crippen LogP contribution in [-0.2, 0) is 16.0 Å². The molecule has 0 saturated heterocycles. The molecule has 1 N–H and O–H groups in total. The summed E-state index contributed by atoms with van der Waals surface area (Å²) in [6, 6.07) is 13.0. The number of carbonyl (C=O) groups excluding carboxylic acids is 2. The Balaban J connectivity index is 1.93. The Labute approximate surface area is 145 Å². The van der Waals surface area contributed by atoms with Crippen molar-refractivity contribution in [3.05, 3.63) is 64.9 Å². The number of carbonyl (C=O) groups is 2. The fourth-order valence-electron chi connectivity index (χ4n) is 2.24. The van der Waals surface area contributed by atoms with E-state index in [0.29, 0.717) is 23.7 Å². The molecule has 2 aromatic rings. The lowest BCUT2D eigenvalue weighted by Gasteiger charge is -2.20. The van der Waals surface area contributed by atoms with Gasteiger partial charge in [0.05, 0.1) is 6.54 Å². The summed E-state index contributed by atoms with van der Waals surface area (Å²) in [5, 5.41) is 3.21. The van der Waals surface area contributed by atoms with Crippen LogP contribution in [0.5, 0.6) is 0 Å². The van der Waals surface area contributed by atoms with Crippen molar-refractivity contribution >= 4 is 29.1 Å². The van der Waals surface area contributed by atoms with Gasteiger partial charge in [-0.2, -0.15) is 0 Å². The molecule has 0 aliphatic heterocycles. The standard InChI is InChI=1S/C18H18ClFN2O2/c1-13(23)22(9-8-14-4-2-5-15(19)10-14)12-18(24)21-17-7-3-6-16(20)11-17/h2-7,10-11H,8-9,12H2,1H3,(H,21,24). The van der Waals surface area contributed by atoms with Gasteiger partial charge in [0.25, 0.3) is 0 Å². The van der Waals surface area contributed by atoms with E-state index >= 15 is 0 Å². The first kappa shape index (κ1) is 17.9. The summed E-state index contributed by atoms with van der Waals surface area (Å²) in [4.78, 5) is 25.2. The number of rotatable bonds is 6. The number of nitrogens with one attached hydrogen (secondary N) is 1. The molecular formula is C18H18ClFN2O2. The van der Waals surface area contributed by atoms with Crippen LogP contribution in [0.3, 0.4) is 0 Å². The number of anilines is 1. The average Bonchev–Trinajstić information content (AvgIpc) is 2.51. The molecule has 0 heterocycles. The highest BCUT2D eigenvalue weighted by molar-refractivity contribution is 6.30. The van der Waals surface area contributed by atoms with Gasteiger partial charge in [-0.15, -0.1) is 0 Å². The Bertz CT molecular complexity index is 736. The van der Waals surface area contributed by atoms with Crippen molar-refractivity contribution in [3.63, 3.8) is 0 Å². The molecule has 6 heteroatoms. The maximum absolute atomic E-state index is 13.1. The number of hydrogen-bond acceptors (Lipinski definition) is 2. The minimum Gasteiger partial charge on any atom is -0.333 e. The summed E-state index contributed by atoms with van der Waals surface area (Å²) >= 11 is 5.93. The van der Waals surface area contributed by atoms with E-state index < -0.39 is 5.82 Å². The molecule has 0 saturated carbocycles. The summed E-state index contributed by atoms with van der Waals surface area (Å²) in [5.41, 5.74) is 1.35. The van der Waals surface area contributed by atoms with E-state index in [1.54, 1.807) is 12.1 Å². The highest BCUT2D eigenvalue weighted by Gasteiger charge is 2.14. The van der Waals surface area contributed by atoms with E-state index in [0.717, 1.165) is 5.56 Å². The maximum Gasteiger partial charge on any atom is 0.243 e. The van der Waals surface area contributed by atoms with Gasteiger partial charge in [-0.25, -0.2) is 4.39 Å². The van der Waals surface area contributed by atoms with Crippen LogP contribution in [0.4, 0.5) is 10.1 Å². The van der Waals surface area contributed by atoms with Crippen LogP contribution in [0.2, 0.25) is 5.02 Å². The van der Waals surface area contributed by atoms with E-state index in [-0.39, 0.29) is 18.4 Å². The minimum atomic E-state index is -0.433. The Hall–Kier alpha value is -2.40. The zero-order valence-electron chi connectivity index (χ0n) is 13.3. The van der Waals surface area contributed by atoms with Crippen LogP contribution in [0.1, 0.15) is 12.5 Å². The van der Waals surface area contributed by atoms with Gasteiger partial charge in [-0.3, -0.25) is 9.59 Å². The Morgan fingerprint density at radius 2 is 1.92 bits per heavy atom. The fourth-order valence-corrected chi connectivity index (χ4v) is 2.46. The molecule has 0 aliphatic carbocycles. The molecule has 0 atom stereocenters. The second-order valence-electron chi connectivity index (χ2n) is 5.38. The van der Waals surface area contributed by atoms with Gasteiger partial charge in [-0.1, -0.05) is 29.8 Å². The monoisotopic (exact) mass is 348 g/mol. The van der Waals surface area contributed by atoms with Crippen LogP contribution >= 0.6 is 11.6 Å². The van der Waals surface area contributed by atoms with Crippen LogP contribution in [0, 0.1) is 5.82 Å². The van der Waals surface area contributed by atoms with E-state index in [2.05, 4.69) is 5.32 Å². The maximum atomic E-state index is 13.1. The number of hydrogen-bond donors (Lipinski definition) is 1. The fraction of sp³-hybridized carbons (Fsp3) is 0.222. The van der Waals surface area contributed by atoms with E-state index in [9.17, 15) is 14.0 Å². The summed E-state index contributed by atoms with van der Waals surface area (Å²) in [6.45, 7) is 1.71. The van der Waals surface area contributed by atoms with Gasteiger partial charge in [0.15, 0.2) is 0 Å². The molecule has 0 radical (unpaired) electrons. The van der Waals surface area contributed by atoms with Gasteiger partial charge >= 0.3 is 0 Å². The van der Waals surface area contributed by atoms with E-state index in [4.69, 9.17) is 11.6 Å². The van der Waals surface area contributed by atoms with Crippen LogP contribution in [-0.4, -0.2) is 29.8 Å². The van der Waals surface area contributed by atoms with Crippen molar-refractivity contribution in [2.24, 2.45) is 0 Å². The third kappa shape index (κ3) is 5.66. The van der Waals surface area contributed by atoms with Gasteiger partial charge in [-0.05, 0) is 42.3 Å². The lowest BCUT2D eigenvalue weighted by Crippen LogP contribution is -2.38. The Morgan fingerprint density at radius 1 is 1.17 bits per heavy atom. The minimum absolute atomic E-state index is 0.0909. The van der Waals surface area contributed by atoms with Crippen molar-refractivity contribution < 1.29 is 14.0 Å². The molecule has 0 aliphatic rings. The zero-order chi connectivity index (χ0) is 17.5. The second kappa shape index (κ2) is 8.45. The first-order valence-electron chi connectivity index (χ1n) is 7.49. The molecular weight excluding hydrogens is 331 g/mol. The van der Waals surface area contributed by atoms with Gasteiger partial charge in [0.1, 0.15) is 5.82 Å². The molecule has 126 valence electrons. The quantitative estimate of drug-likeness (QED) is 0.868. The smallest absolute Gasteiger partial charge is 0.243 e. The second-order valence-corrected chi connectivity index (χ2v) is 5.82. The molecule has 0 unspecified atom stereocenters. The van der Waals surface area contributed by atoms with Crippen LogP contribution in [0.25, 0.3) is 0 Å². The van der Waals surface area contributed by atoms with Crippen LogP contribution in [0.15, 0.2) is 48.5 Å². The number of benzene rings is 2. The van der Waals surface area contributed by atoms with Crippen molar-refractivity contribution in [2.45, 2.75) is 13.3 Å². The van der Waals surface area contributed by atoms with Gasteiger partial charge < -0.3 is 10.2 Å². The van der Waals surface area contributed by atoms with Gasteiger partial charge in [0.2, 0.25) is 11.8 Å². The first-order chi connectivity index (χ1) is 11.4. The van der Waals surface area contributed by atoms with Crippen molar-refractivity contribution in [1.82, 2.24) is 4.90 Å². The highest BCUT2D eigenvalue weighted by Crippen LogP contribution is 2.12. The summed E-state index contributed by atoms with van der Waals surface area (Å²) in [6.07, 6.45) is 0.591. The molecule has 4 nitrogen and oxygen atoms in total. The van der Waals surface area contributed by atoms with E-state index in [1.165, 1.54) is 30.0 Å². The molecule has 0 fully saturated rings. The average molecular weight is 349 g/mol. The predicted molar refractivity (Wildman–Crippen MR) is 92.4 cm³/mol. The largest absolute Gasteiger partial charge is 0.333 e. The highest BCUT2D eigenvalue weighted by atomic mass is 35.5. The first-order valence-corrected chi connectivity index (χ1v) is 7.87. The molecule has 0 aromatic heterocycles. The third-order valence-corrected chi connectivity index (χ3v) is 3.68. The lowest BCUT2D eigenvalue weighted by atomic mass is 10.1. The Morgan fingerprint density at radius 3 is 2.58 bits per heavy atom. The SMILES string of the molecule is CC(=O)N(CCc1cccc(Cl)c1)CC(=O)Nc1cccc(F)c1. The summed E-state index contributed by atoms with van der Waals surface area (Å²) in [5.74, 6) is -1.01. The molecule has 2 rings (SSSR count). The number of halogens is 2. The molecule has 0 bridgehead atoms. The number of nitrogens with zero attached hydrogens (tertiary/aromatic N) is 1. The third-order valence-electron chi connectivity index (χ3n) is 3.45. The predicted octanol–water partition coefficient (Wildman–Crippen LogP) is 3.51. The van der Waals surface area contributed by atoms with Crippen LogP contribution < -0.4 is 5.32 Å². The summed E-state index contributed by atoms with van der Waals surface area (Å²) in [7, 11) is 0. The molecule has 24 heavy (non-hydrogen) atoms. The number of amides is 2. The zero-order valence-corrected chi connectivity index (χ0v) is 14.0. The Kier molecular flexibility index (Phi) is 6.32. The van der Waals surface area contributed by atoms with Gasteiger partial charge in [0, 0.05) is 24.2 Å². The lowest BCUT2D eigenvalue weighted by molar-refractivity contribution is -0.132. The summed E-state index contributed by atoms with van der Waals surface area (Å²) < 4.78 is 13.1. The van der Waals surface area contributed by atoms with Crippen molar-refractivity contribution in [2.75, 3.05) is 18.4 Å². The normalized spacial score (nSPS) is 10.3. The topological polar surface area (TPSA) is 49.4 Å². The van der Waals surface area contributed by atoms with E-state index in [1.807, 2.05) is 18.2 Å².